The third-order valence-corrected chi connectivity index (χ3v) is 6.53. The van der Waals surface area contributed by atoms with Crippen molar-refractivity contribution in [3.8, 4) is 10.4 Å². The second-order valence-corrected chi connectivity index (χ2v) is 8.31. The van der Waals surface area contributed by atoms with Crippen LogP contribution in [0.4, 0.5) is 5.69 Å². The van der Waals surface area contributed by atoms with E-state index in [0.717, 1.165) is 21.0 Å². The Balaban J connectivity index is 1.80. The molecule has 5 nitrogen and oxygen atoms in total. The highest BCUT2D eigenvalue weighted by Gasteiger charge is 2.37. The van der Waals surface area contributed by atoms with Crippen molar-refractivity contribution in [3.05, 3.63) is 76.1 Å². The molecule has 148 valence electrons. The molecule has 1 atom stereocenters. The summed E-state index contributed by atoms with van der Waals surface area (Å²) in [7, 11) is 3.39. The van der Waals surface area contributed by atoms with Crippen LogP contribution in [0.3, 0.4) is 0 Å². The molecule has 0 spiro atoms. The number of carbonyl (C=O) groups is 2. The van der Waals surface area contributed by atoms with Gasteiger partial charge in [0, 0.05) is 34.4 Å². The number of nitrogens with one attached hydrogen (secondary N) is 1. The molecule has 2 amide bonds. The van der Waals surface area contributed by atoms with E-state index in [4.69, 9.17) is 11.6 Å². The molecular formula is C22H20ClN3O2S. The van der Waals surface area contributed by atoms with Gasteiger partial charge in [0.2, 0.25) is 5.91 Å². The van der Waals surface area contributed by atoms with Gasteiger partial charge in [-0.15, -0.1) is 11.3 Å². The third kappa shape index (κ3) is 3.50. The van der Waals surface area contributed by atoms with E-state index in [9.17, 15) is 9.59 Å². The number of hydrogen-bond donors (Lipinski definition) is 1. The first kappa shape index (κ1) is 19.5. The van der Waals surface area contributed by atoms with Crippen molar-refractivity contribution >= 4 is 40.4 Å². The van der Waals surface area contributed by atoms with Gasteiger partial charge in [-0.3, -0.25) is 9.59 Å². The summed E-state index contributed by atoms with van der Waals surface area (Å²) in [4.78, 5) is 30.9. The summed E-state index contributed by atoms with van der Waals surface area (Å²) in [6.45, 7) is 0.148. The molecule has 0 radical (unpaired) electrons. The zero-order valence-corrected chi connectivity index (χ0v) is 17.6. The molecular weight excluding hydrogens is 406 g/mol. The average Bonchev–Trinajstić information content (AvgIpc) is 3.21. The minimum absolute atomic E-state index is 0.0635. The minimum Gasteiger partial charge on any atom is -0.358 e. The molecule has 1 aliphatic rings. The molecule has 4 rings (SSSR count). The highest BCUT2D eigenvalue weighted by molar-refractivity contribution is 7.15. The smallest absolute Gasteiger partial charge is 0.257 e. The lowest BCUT2D eigenvalue weighted by molar-refractivity contribution is -0.119. The second-order valence-electron chi connectivity index (χ2n) is 6.79. The zero-order valence-electron chi connectivity index (χ0n) is 16.1. The number of amides is 2. The minimum atomic E-state index is -0.379. The molecule has 3 aromatic rings. The Morgan fingerprint density at radius 3 is 2.48 bits per heavy atom. The SMILES string of the molecule is CNC(=O)CN1c2ccccc2C(=O)N(C)[C@H]1c1ccc(-c2ccccc2Cl)s1. The van der Waals surface area contributed by atoms with Crippen LogP contribution in [-0.4, -0.2) is 37.4 Å². The van der Waals surface area contributed by atoms with Gasteiger partial charge < -0.3 is 15.1 Å². The lowest BCUT2D eigenvalue weighted by atomic mass is 10.0. The van der Waals surface area contributed by atoms with Crippen molar-refractivity contribution in [1.82, 2.24) is 10.2 Å². The Labute approximate surface area is 178 Å². The number of thiophene rings is 1. The van der Waals surface area contributed by atoms with Gasteiger partial charge in [-0.25, -0.2) is 0 Å². The number of benzene rings is 2. The molecule has 1 N–H and O–H groups in total. The molecule has 1 aliphatic heterocycles. The van der Waals surface area contributed by atoms with E-state index in [1.165, 1.54) is 0 Å². The van der Waals surface area contributed by atoms with Crippen molar-refractivity contribution in [1.29, 1.82) is 0 Å². The van der Waals surface area contributed by atoms with Crippen molar-refractivity contribution in [2.75, 3.05) is 25.5 Å². The molecule has 2 aromatic carbocycles. The van der Waals surface area contributed by atoms with Crippen LogP contribution in [0.2, 0.25) is 5.02 Å². The zero-order chi connectivity index (χ0) is 20.5. The molecule has 0 saturated heterocycles. The molecule has 0 bridgehead atoms. The Bertz CT molecular complexity index is 1080. The fourth-order valence-electron chi connectivity index (χ4n) is 3.59. The van der Waals surface area contributed by atoms with Crippen LogP contribution in [0.15, 0.2) is 60.7 Å². The largest absolute Gasteiger partial charge is 0.358 e. The van der Waals surface area contributed by atoms with Gasteiger partial charge in [0.05, 0.1) is 17.8 Å². The van der Waals surface area contributed by atoms with Crippen molar-refractivity contribution in [3.63, 3.8) is 0 Å². The van der Waals surface area contributed by atoms with Crippen LogP contribution in [-0.2, 0) is 4.79 Å². The fraction of sp³-hybridized carbons (Fsp3) is 0.182. The highest BCUT2D eigenvalue weighted by atomic mass is 35.5. The number of anilines is 1. The summed E-state index contributed by atoms with van der Waals surface area (Å²) in [6, 6.07) is 19.1. The van der Waals surface area contributed by atoms with Gasteiger partial charge in [-0.05, 0) is 30.3 Å². The molecule has 0 unspecified atom stereocenters. The molecule has 7 heteroatoms. The molecule has 0 fully saturated rings. The predicted octanol–water partition coefficient (Wildman–Crippen LogP) is 4.41. The van der Waals surface area contributed by atoms with Crippen molar-refractivity contribution in [2.24, 2.45) is 0 Å². The number of para-hydroxylation sites is 1. The molecule has 1 aromatic heterocycles. The highest BCUT2D eigenvalue weighted by Crippen LogP contribution is 2.42. The number of halogens is 1. The number of rotatable bonds is 4. The third-order valence-electron chi connectivity index (χ3n) is 5.04. The summed E-state index contributed by atoms with van der Waals surface area (Å²) >= 11 is 7.94. The van der Waals surface area contributed by atoms with Crippen LogP contribution in [0, 0.1) is 0 Å². The van der Waals surface area contributed by atoms with Crippen LogP contribution < -0.4 is 10.2 Å². The van der Waals surface area contributed by atoms with Gasteiger partial charge in [0.25, 0.3) is 5.91 Å². The Kier molecular flexibility index (Phi) is 5.30. The van der Waals surface area contributed by atoms with Crippen LogP contribution in [0.25, 0.3) is 10.4 Å². The molecule has 2 heterocycles. The van der Waals surface area contributed by atoms with Crippen molar-refractivity contribution in [2.45, 2.75) is 6.17 Å². The van der Waals surface area contributed by atoms with E-state index in [1.54, 1.807) is 36.4 Å². The van der Waals surface area contributed by atoms with Crippen LogP contribution >= 0.6 is 22.9 Å². The summed E-state index contributed by atoms with van der Waals surface area (Å²) in [5.74, 6) is -0.179. The second kappa shape index (κ2) is 7.89. The summed E-state index contributed by atoms with van der Waals surface area (Å²) < 4.78 is 0. The average molecular weight is 426 g/mol. The van der Waals surface area contributed by atoms with E-state index < -0.39 is 0 Å². The van der Waals surface area contributed by atoms with Crippen LogP contribution in [0.1, 0.15) is 21.4 Å². The molecule has 0 aliphatic carbocycles. The van der Waals surface area contributed by atoms with Crippen LogP contribution in [0.5, 0.6) is 0 Å². The number of nitrogens with zero attached hydrogens (tertiary/aromatic N) is 2. The maximum absolute atomic E-state index is 13.0. The van der Waals surface area contributed by atoms with E-state index in [2.05, 4.69) is 5.32 Å². The number of hydrogen-bond acceptors (Lipinski definition) is 4. The number of carbonyl (C=O) groups excluding carboxylic acids is 2. The number of fused-ring (bicyclic) bond motifs is 1. The van der Waals surface area contributed by atoms with Crippen molar-refractivity contribution < 1.29 is 9.59 Å². The monoisotopic (exact) mass is 425 g/mol. The van der Waals surface area contributed by atoms with Gasteiger partial charge in [-0.2, -0.15) is 0 Å². The molecule has 0 saturated carbocycles. The first-order chi connectivity index (χ1) is 14.0. The van der Waals surface area contributed by atoms with E-state index in [0.29, 0.717) is 10.6 Å². The van der Waals surface area contributed by atoms with E-state index in [-0.39, 0.29) is 24.5 Å². The molecule has 29 heavy (non-hydrogen) atoms. The van der Waals surface area contributed by atoms with Gasteiger partial charge in [-0.1, -0.05) is 41.9 Å². The standard InChI is InChI=1S/C22H20ClN3O2S/c1-24-20(27)13-26-17-10-6-4-8-15(17)22(28)25(2)21(26)19-12-11-18(29-19)14-7-3-5-9-16(14)23/h3-12,21H,13H2,1-2H3,(H,24,27)/t21-/m1/s1. The van der Waals surface area contributed by atoms with Gasteiger partial charge >= 0.3 is 0 Å². The Morgan fingerprint density at radius 2 is 1.76 bits per heavy atom. The number of likely N-dealkylation sites (N-methyl/N-ethyl adjacent to an activating group) is 1. The van der Waals surface area contributed by atoms with Gasteiger partial charge in [0.1, 0.15) is 6.17 Å². The quantitative estimate of drug-likeness (QED) is 0.673. The fourth-order valence-corrected chi connectivity index (χ4v) is 5.09. The Hall–Kier alpha value is -2.83. The van der Waals surface area contributed by atoms with E-state index in [1.807, 2.05) is 59.5 Å². The summed E-state index contributed by atoms with van der Waals surface area (Å²) in [5, 5.41) is 3.36. The topological polar surface area (TPSA) is 52.7 Å². The Morgan fingerprint density at radius 1 is 1.07 bits per heavy atom. The predicted molar refractivity (Wildman–Crippen MR) is 117 cm³/mol. The van der Waals surface area contributed by atoms with Gasteiger partial charge in [0.15, 0.2) is 0 Å². The first-order valence-corrected chi connectivity index (χ1v) is 10.4. The maximum Gasteiger partial charge on any atom is 0.257 e. The maximum atomic E-state index is 13.0. The normalized spacial score (nSPS) is 16.0. The lowest BCUT2D eigenvalue weighted by Crippen LogP contribution is -2.50. The first-order valence-electron chi connectivity index (χ1n) is 9.19. The van der Waals surface area contributed by atoms with E-state index >= 15 is 0 Å². The summed E-state index contributed by atoms with van der Waals surface area (Å²) in [5.41, 5.74) is 2.31. The lowest BCUT2D eigenvalue weighted by Gasteiger charge is -2.43. The summed E-state index contributed by atoms with van der Waals surface area (Å²) in [6.07, 6.45) is -0.379.